The zero-order chi connectivity index (χ0) is 13.0. The maximum atomic E-state index is 12.8. The smallest absolute Gasteiger partial charge is 0.313 e. The first-order valence-corrected chi connectivity index (χ1v) is 4.55. The number of carbonyl (C=O) groups excluding carboxylic acids is 3. The fourth-order valence-electron chi connectivity index (χ4n) is 1.08. The molecule has 0 atom stereocenters. The molecule has 0 aromatic heterocycles. The number of benzene rings is 1. The van der Waals surface area contributed by atoms with E-state index in [-0.39, 0.29) is 5.56 Å². The quantitative estimate of drug-likeness (QED) is 0.345. The van der Waals surface area contributed by atoms with Gasteiger partial charge in [0.25, 0.3) is 0 Å². The van der Waals surface area contributed by atoms with Crippen molar-refractivity contribution in [3.63, 3.8) is 0 Å². The zero-order valence-corrected chi connectivity index (χ0v) is 8.83. The van der Waals surface area contributed by atoms with Gasteiger partial charge in [-0.1, -0.05) is 0 Å². The minimum Gasteiger partial charge on any atom is -0.469 e. The lowest BCUT2D eigenvalue weighted by Crippen LogP contribution is -2.19. The highest BCUT2D eigenvalue weighted by Crippen LogP contribution is 2.10. The highest BCUT2D eigenvalue weighted by Gasteiger charge is 2.20. The Morgan fingerprint density at radius 2 is 1.82 bits per heavy atom. The van der Waals surface area contributed by atoms with E-state index in [1.807, 2.05) is 0 Å². The topological polar surface area (TPSA) is 60.4 Å². The van der Waals surface area contributed by atoms with Gasteiger partial charge in [-0.05, 0) is 18.2 Å². The van der Waals surface area contributed by atoms with E-state index >= 15 is 0 Å². The summed E-state index contributed by atoms with van der Waals surface area (Å²) in [7, 11) is 1.07. The monoisotopic (exact) mass is 242 g/mol. The van der Waals surface area contributed by atoms with E-state index in [1.165, 1.54) is 0 Å². The molecule has 0 fully saturated rings. The van der Waals surface area contributed by atoms with Crippen LogP contribution in [0.4, 0.5) is 8.78 Å². The van der Waals surface area contributed by atoms with Crippen LogP contribution in [0.5, 0.6) is 0 Å². The van der Waals surface area contributed by atoms with E-state index in [1.54, 1.807) is 0 Å². The third-order valence-electron chi connectivity index (χ3n) is 1.97. The van der Waals surface area contributed by atoms with Gasteiger partial charge in [0.15, 0.2) is 11.6 Å². The van der Waals surface area contributed by atoms with Gasteiger partial charge < -0.3 is 4.74 Å². The van der Waals surface area contributed by atoms with Crippen molar-refractivity contribution in [2.24, 2.45) is 0 Å². The van der Waals surface area contributed by atoms with E-state index in [9.17, 15) is 23.2 Å². The van der Waals surface area contributed by atoms with Crippen LogP contribution >= 0.6 is 0 Å². The Hall–Kier alpha value is -2.11. The molecule has 0 amide bonds. The zero-order valence-electron chi connectivity index (χ0n) is 8.83. The second-order valence-corrected chi connectivity index (χ2v) is 3.13. The standard InChI is InChI=1S/C11H8F2O4/c1-17-10(15)5-9(14)11(16)6-2-3-7(12)8(13)4-6/h2-4H,5H2,1H3. The summed E-state index contributed by atoms with van der Waals surface area (Å²) < 4.78 is 29.6. The van der Waals surface area contributed by atoms with Crippen molar-refractivity contribution in [1.29, 1.82) is 0 Å². The fourth-order valence-corrected chi connectivity index (χ4v) is 1.08. The third-order valence-corrected chi connectivity index (χ3v) is 1.97. The van der Waals surface area contributed by atoms with Crippen LogP contribution in [0.2, 0.25) is 0 Å². The Kier molecular flexibility index (Phi) is 4.03. The summed E-state index contributed by atoms with van der Waals surface area (Å²) in [6, 6.07) is 2.30. The summed E-state index contributed by atoms with van der Waals surface area (Å²) >= 11 is 0. The largest absolute Gasteiger partial charge is 0.469 e. The molecule has 1 rings (SSSR count). The van der Waals surface area contributed by atoms with Crippen molar-refractivity contribution in [3.8, 4) is 0 Å². The molecule has 90 valence electrons. The van der Waals surface area contributed by atoms with Crippen molar-refractivity contribution in [1.82, 2.24) is 0 Å². The molecule has 4 nitrogen and oxygen atoms in total. The summed E-state index contributed by atoms with van der Waals surface area (Å²) in [6.45, 7) is 0. The van der Waals surface area contributed by atoms with E-state index in [2.05, 4.69) is 4.74 Å². The number of methoxy groups -OCH3 is 1. The van der Waals surface area contributed by atoms with Gasteiger partial charge in [-0.2, -0.15) is 0 Å². The van der Waals surface area contributed by atoms with Gasteiger partial charge in [0, 0.05) is 5.56 Å². The Morgan fingerprint density at radius 1 is 1.18 bits per heavy atom. The van der Waals surface area contributed by atoms with Gasteiger partial charge in [0.05, 0.1) is 7.11 Å². The van der Waals surface area contributed by atoms with E-state index in [4.69, 9.17) is 0 Å². The molecule has 0 unspecified atom stereocenters. The highest BCUT2D eigenvalue weighted by atomic mass is 19.2. The number of ketones is 2. The fraction of sp³-hybridized carbons (Fsp3) is 0.182. The van der Waals surface area contributed by atoms with Crippen LogP contribution in [-0.2, 0) is 14.3 Å². The molecule has 0 bridgehead atoms. The normalized spacial score (nSPS) is 9.82. The van der Waals surface area contributed by atoms with Crippen LogP contribution in [0.3, 0.4) is 0 Å². The molecular formula is C11H8F2O4. The number of rotatable bonds is 4. The number of hydrogen-bond acceptors (Lipinski definition) is 4. The minimum absolute atomic E-state index is 0.308. The van der Waals surface area contributed by atoms with E-state index in [0.29, 0.717) is 6.07 Å². The molecule has 1 aromatic carbocycles. The van der Waals surface area contributed by atoms with Gasteiger partial charge in [0.1, 0.15) is 6.42 Å². The second kappa shape index (κ2) is 5.29. The Morgan fingerprint density at radius 3 is 2.35 bits per heavy atom. The average molecular weight is 242 g/mol. The lowest BCUT2D eigenvalue weighted by Gasteiger charge is -2.00. The van der Waals surface area contributed by atoms with Gasteiger partial charge in [-0.15, -0.1) is 0 Å². The van der Waals surface area contributed by atoms with E-state index < -0.39 is 35.6 Å². The maximum Gasteiger partial charge on any atom is 0.313 e. The summed E-state index contributed by atoms with van der Waals surface area (Å²) in [5, 5.41) is 0. The molecular weight excluding hydrogens is 234 g/mol. The summed E-state index contributed by atoms with van der Waals surface area (Å²) in [5.74, 6) is -5.33. The molecule has 1 aromatic rings. The molecule has 0 heterocycles. The molecule has 0 aliphatic carbocycles. The number of Topliss-reactive ketones (excluding diaryl/α,β-unsaturated/α-hetero) is 2. The molecule has 0 saturated carbocycles. The van der Waals surface area contributed by atoms with Crippen LogP contribution in [0.1, 0.15) is 16.8 Å². The minimum atomic E-state index is -1.23. The third kappa shape index (κ3) is 3.17. The second-order valence-electron chi connectivity index (χ2n) is 3.13. The molecule has 17 heavy (non-hydrogen) atoms. The lowest BCUT2D eigenvalue weighted by molar-refractivity contribution is -0.142. The molecule has 6 heteroatoms. The van der Waals surface area contributed by atoms with Crippen molar-refractivity contribution < 1.29 is 27.9 Å². The van der Waals surface area contributed by atoms with Crippen molar-refractivity contribution in [2.75, 3.05) is 7.11 Å². The van der Waals surface area contributed by atoms with Crippen LogP contribution in [0.25, 0.3) is 0 Å². The van der Waals surface area contributed by atoms with Gasteiger partial charge >= 0.3 is 5.97 Å². The first-order chi connectivity index (χ1) is 7.95. The summed E-state index contributed by atoms with van der Waals surface area (Å²) in [4.78, 5) is 33.4. The lowest BCUT2D eigenvalue weighted by atomic mass is 10.1. The molecule has 0 aliphatic heterocycles. The molecule has 0 aliphatic rings. The first kappa shape index (κ1) is 13.0. The molecule has 0 N–H and O–H groups in total. The van der Waals surface area contributed by atoms with Crippen LogP contribution in [0.15, 0.2) is 18.2 Å². The first-order valence-electron chi connectivity index (χ1n) is 4.55. The summed E-state index contributed by atoms with van der Waals surface area (Å²) in [6.07, 6.45) is -0.728. The average Bonchev–Trinajstić information content (AvgIpc) is 2.31. The van der Waals surface area contributed by atoms with Crippen LogP contribution < -0.4 is 0 Å². The van der Waals surface area contributed by atoms with Gasteiger partial charge in [0.2, 0.25) is 11.6 Å². The number of esters is 1. The Balaban J connectivity index is 2.85. The number of halogens is 2. The van der Waals surface area contributed by atoms with Crippen molar-refractivity contribution in [2.45, 2.75) is 6.42 Å². The highest BCUT2D eigenvalue weighted by molar-refractivity contribution is 6.45. The van der Waals surface area contributed by atoms with Crippen molar-refractivity contribution in [3.05, 3.63) is 35.4 Å². The van der Waals surface area contributed by atoms with E-state index in [0.717, 1.165) is 19.2 Å². The van der Waals surface area contributed by atoms with Crippen LogP contribution in [-0.4, -0.2) is 24.6 Å². The summed E-state index contributed by atoms with van der Waals surface area (Å²) in [5.41, 5.74) is -0.308. The number of ether oxygens (including phenoxy) is 1. The van der Waals surface area contributed by atoms with Gasteiger partial charge in [-0.25, -0.2) is 8.78 Å². The SMILES string of the molecule is COC(=O)CC(=O)C(=O)c1ccc(F)c(F)c1. The number of carbonyl (C=O) groups is 3. The molecule has 0 spiro atoms. The predicted octanol–water partition coefficient (Wildman–Crippen LogP) is 1.28. The molecule has 0 radical (unpaired) electrons. The molecule has 0 saturated heterocycles. The Labute approximate surface area is 95.2 Å². The predicted molar refractivity (Wildman–Crippen MR) is 52.3 cm³/mol. The van der Waals surface area contributed by atoms with Crippen LogP contribution in [0, 0.1) is 11.6 Å². The number of hydrogen-bond donors (Lipinski definition) is 0. The van der Waals surface area contributed by atoms with Crippen molar-refractivity contribution >= 4 is 17.5 Å². The Bertz CT molecular complexity index is 482. The van der Waals surface area contributed by atoms with Gasteiger partial charge in [-0.3, -0.25) is 14.4 Å². The maximum absolute atomic E-state index is 12.8.